The molecule has 0 aliphatic heterocycles. The van der Waals surface area contributed by atoms with Crippen LogP contribution < -0.4 is 5.32 Å². The molecule has 0 saturated heterocycles. The predicted molar refractivity (Wildman–Crippen MR) is 83.7 cm³/mol. The lowest BCUT2D eigenvalue weighted by Gasteiger charge is -2.06. The van der Waals surface area contributed by atoms with E-state index in [2.05, 4.69) is 25.8 Å². The predicted octanol–water partition coefficient (Wildman–Crippen LogP) is 2.64. The van der Waals surface area contributed by atoms with Gasteiger partial charge in [-0.25, -0.2) is 9.67 Å². The molecule has 7 nitrogen and oxygen atoms in total. The molecule has 0 spiro atoms. The number of hydrogen-bond donors (Lipinski definition) is 1. The first-order valence-corrected chi connectivity index (χ1v) is 7.52. The Kier molecular flexibility index (Phi) is 3.86. The van der Waals surface area contributed by atoms with Gasteiger partial charge in [-0.15, -0.1) is 16.4 Å². The third-order valence-corrected chi connectivity index (χ3v) is 4.38. The standard InChI is InChI=1S/C13H11ClN6OS/c1-7-8(2)22-13(16-7)17-12(21)10-5-9(3-4-11(10)14)20-6-15-18-19-20/h3-6H,1-2H3,(H,16,17,21). The van der Waals surface area contributed by atoms with Gasteiger partial charge in [0.15, 0.2) is 5.13 Å². The van der Waals surface area contributed by atoms with Crippen LogP contribution in [0.1, 0.15) is 20.9 Å². The van der Waals surface area contributed by atoms with Crippen molar-refractivity contribution in [2.75, 3.05) is 5.32 Å². The highest BCUT2D eigenvalue weighted by Crippen LogP contribution is 2.24. The Morgan fingerprint density at radius 1 is 1.36 bits per heavy atom. The van der Waals surface area contributed by atoms with Gasteiger partial charge in [-0.3, -0.25) is 10.1 Å². The van der Waals surface area contributed by atoms with E-state index < -0.39 is 0 Å². The van der Waals surface area contributed by atoms with Gasteiger partial charge < -0.3 is 0 Å². The molecule has 1 N–H and O–H groups in total. The van der Waals surface area contributed by atoms with Crippen molar-refractivity contribution in [3.05, 3.63) is 45.7 Å². The second kappa shape index (κ2) is 5.82. The monoisotopic (exact) mass is 334 g/mol. The molecule has 0 aliphatic rings. The van der Waals surface area contributed by atoms with Gasteiger partial charge in [0.1, 0.15) is 6.33 Å². The number of carbonyl (C=O) groups excluding carboxylic acids is 1. The Labute approximate surface area is 134 Å². The van der Waals surface area contributed by atoms with Crippen LogP contribution in [0, 0.1) is 13.8 Å². The van der Waals surface area contributed by atoms with Crippen LogP contribution in [0.2, 0.25) is 5.02 Å². The Morgan fingerprint density at radius 3 is 2.82 bits per heavy atom. The maximum Gasteiger partial charge on any atom is 0.259 e. The normalized spacial score (nSPS) is 10.7. The molecule has 1 amide bonds. The van der Waals surface area contributed by atoms with Gasteiger partial charge in [-0.05, 0) is 42.5 Å². The fourth-order valence-corrected chi connectivity index (χ4v) is 2.81. The highest BCUT2D eigenvalue weighted by atomic mass is 35.5. The Balaban J connectivity index is 1.90. The van der Waals surface area contributed by atoms with Crippen LogP contribution >= 0.6 is 22.9 Å². The van der Waals surface area contributed by atoms with Gasteiger partial charge in [0.05, 0.1) is 22.0 Å². The first-order chi connectivity index (χ1) is 10.5. The molecule has 0 aliphatic carbocycles. The number of anilines is 1. The molecule has 0 bridgehead atoms. The van der Waals surface area contributed by atoms with E-state index in [1.807, 2.05) is 13.8 Å². The van der Waals surface area contributed by atoms with Crippen LogP contribution in [0.25, 0.3) is 5.69 Å². The summed E-state index contributed by atoms with van der Waals surface area (Å²) in [6, 6.07) is 4.99. The maximum absolute atomic E-state index is 12.4. The van der Waals surface area contributed by atoms with E-state index in [1.54, 1.807) is 18.2 Å². The number of nitrogens with one attached hydrogen (secondary N) is 1. The number of rotatable bonds is 3. The van der Waals surface area contributed by atoms with Gasteiger partial charge in [0, 0.05) is 4.88 Å². The lowest BCUT2D eigenvalue weighted by atomic mass is 10.2. The molecule has 0 radical (unpaired) electrons. The second-order valence-electron chi connectivity index (χ2n) is 4.53. The van der Waals surface area contributed by atoms with Crippen LogP contribution in [0.3, 0.4) is 0 Å². The lowest BCUT2D eigenvalue weighted by molar-refractivity contribution is 0.102. The summed E-state index contributed by atoms with van der Waals surface area (Å²) >= 11 is 7.54. The van der Waals surface area contributed by atoms with E-state index in [0.717, 1.165) is 10.6 Å². The molecule has 1 aromatic carbocycles. The Bertz CT molecular complexity index is 810. The quantitative estimate of drug-likeness (QED) is 0.795. The molecule has 2 aromatic heterocycles. The summed E-state index contributed by atoms with van der Waals surface area (Å²) in [5.74, 6) is -0.325. The Hall–Kier alpha value is -2.32. The van der Waals surface area contributed by atoms with Crippen molar-refractivity contribution >= 4 is 34.0 Å². The number of aryl methyl sites for hydroxylation is 2. The van der Waals surface area contributed by atoms with Crippen molar-refractivity contribution < 1.29 is 4.79 Å². The molecule has 2 heterocycles. The van der Waals surface area contributed by atoms with E-state index in [9.17, 15) is 4.79 Å². The molecule has 112 valence electrons. The molecule has 3 aromatic rings. The van der Waals surface area contributed by atoms with Gasteiger partial charge in [-0.1, -0.05) is 11.6 Å². The molecule has 22 heavy (non-hydrogen) atoms. The minimum absolute atomic E-state index is 0.325. The summed E-state index contributed by atoms with van der Waals surface area (Å²) in [6.07, 6.45) is 1.44. The van der Waals surface area contributed by atoms with E-state index in [1.165, 1.54) is 22.3 Å². The molecule has 9 heteroatoms. The summed E-state index contributed by atoms with van der Waals surface area (Å²) < 4.78 is 1.45. The molecule has 0 saturated carbocycles. The molecule has 0 atom stereocenters. The number of thiazole rings is 1. The highest BCUT2D eigenvalue weighted by Gasteiger charge is 2.15. The summed E-state index contributed by atoms with van der Waals surface area (Å²) in [7, 11) is 0. The summed E-state index contributed by atoms with van der Waals surface area (Å²) in [6.45, 7) is 3.85. The van der Waals surface area contributed by atoms with Crippen molar-refractivity contribution in [2.24, 2.45) is 0 Å². The molecule has 3 rings (SSSR count). The summed E-state index contributed by atoms with van der Waals surface area (Å²) in [5, 5.41) is 14.6. The van der Waals surface area contributed by atoms with E-state index in [0.29, 0.717) is 21.4 Å². The van der Waals surface area contributed by atoms with Crippen LogP contribution in [0.15, 0.2) is 24.5 Å². The number of halogens is 1. The smallest absolute Gasteiger partial charge is 0.259 e. The number of aromatic nitrogens is 5. The fourth-order valence-electron chi connectivity index (χ4n) is 1.80. The number of hydrogen-bond acceptors (Lipinski definition) is 6. The number of tetrazole rings is 1. The molecule has 0 fully saturated rings. The van der Waals surface area contributed by atoms with Crippen molar-refractivity contribution in [3.63, 3.8) is 0 Å². The average molecular weight is 335 g/mol. The largest absolute Gasteiger partial charge is 0.298 e. The maximum atomic E-state index is 12.4. The zero-order valence-electron chi connectivity index (χ0n) is 11.7. The third kappa shape index (κ3) is 2.83. The molecular formula is C13H11ClN6OS. The SMILES string of the molecule is Cc1nc(NC(=O)c2cc(-n3cnnn3)ccc2Cl)sc1C. The first-order valence-electron chi connectivity index (χ1n) is 6.33. The minimum Gasteiger partial charge on any atom is -0.298 e. The van der Waals surface area contributed by atoms with Gasteiger partial charge in [0.25, 0.3) is 5.91 Å². The van der Waals surface area contributed by atoms with E-state index >= 15 is 0 Å². The lowest BCUT2D eigenvalue weighted by Crippen LogP contribution is -2.13. The van der Waals surface area contributed by atoms with Crippen molar-refractivity contribution in [1.29, 1.82) is 0 Å². The van der Waals surface area contributed by atoms with E-state index in [-0.39, 0.29) is 5.91 Å². The van der Waals surface area contributed by atoms with Gasteiger partial charge in [0.2, 0.25) is 0 Å². The zero-order chi connectivity index (χ0) is 15.7. The van der Waals surface area contributed by atoms with Crippen molar-refractivity contribution in [2.45, 2.75) is 13.8 Å². The molecule has 0 unspecified atom stereocenters. The van der Waals surface area contributed by atoms with Crippen molar-refractivity contribution in [1.82, 2.24) is 25.2 Å². The van der Waals surface area contributed by atoms with Gasteiger partial charge >= 0.3 is 0 Å². The van der Waals surface area contributed by atoms with E-state index in [4.69, 9.17) is 11.6 Å². The van der Waals surface area contributed by atoms with Crippen molar-refractivity contribution in [3.8, 4) is 5.69 Å². The number of carbonyl (C=O) groups is 1. The second-order valence-corrected chi connectivity index (χ2v) is 6.14. The van der Waals surface area contributed by atoms with Crippen LogP contribution in [-0.2, 0) is 0 Å². The number of amides is 1. The third-order valence-electron chi connectivity index (χ3n) is 3.06. The number of nitrogens with zero attached hydrogens (tertiary/aromatic N) is 5. The summed E-state index contributed by atoms with van der Waals surface area (Å²) in [5.41, 5.74) is 1.88. The highest BCUT2D eigenvalue weighted by molar-refractivity contribution is 7.15. The minimum atomic E-state index is -0.325. The summed E-state index contributed by atoms with van der Waals surface area (Å²) in [4.78, 5) is 17.7. The molecular weight excluding hydrogens is 324 g/mol. The van der Waals surface area contributed by atoms with Crippen LogP contribution in [0.4, 0.5) is 5.13 Å². The van der Waals surface area contributed by atoms with Crippen LogP contribution in [-0.4, -0.2) is 31.1 Å². The van der Waals surface area contributed by atoms with Gasteiger partial charge in [-0.2, -0.15) is 0 Å². The Morgan fingerprint density at radius 2 is 2.18 bits per heavy atom. The number of benzene rings is 1. The first kappa shape index (κ1) is 14.6. The fraction of sp³-hybridized carbons (Fsp3) is 0.154. The topological polar surface area (TPSA) is 85.6 Å². The van der Waals surface area contributed by atoms with Crippen LogP contribution in [0.5, 0.6) is 0 Å². The average Bonchev–Trinajstić information content (AvgIpc) is 3.10. The zero-order valence-corrected chi connectivity index (χ0v) is 13.3.